The molecule has 0 aromatic carbocycles. The largest absolute Gasteiger partial charge is 0.396 e. The van der Waals surface area contributed by atoms with Gasteiger partial charge in [-0.1, -0.05) is 6.42 Å². The first-order valence-electron chi connectivity index (χ1n) is 4.03. The van der Waals surface area contributed by atoms with Gasteiger partial charge in [0.25, 0.3) is 0 Å². The molecule has 11 heavy (non-hydrogen) atoms. The predicted molar refractivity (Wildman–Crippen MR) is 41.3 cm³/mol. The van der Waals surface area contributed by atoms with Gasteiger partial charge < -0.3 is 14.9 Å². The number of methoxy groups -OCH3 is 1. The van der Waals surface area contributed by atoms with Gasteiger partial charge in [0.1, 0.15) is 0 Å². The van der Waals surface area contributed by atoms with Crippen LogP contribution in [0.2, 0.25) is 0 Å². The van der Waals surface area contributed by atoms with Crippen LogP contribution in [0.1, 0.15) is 19.3 Å². The number of aliphatic hydroxyl groups is 2. The van der Waals surface area contributed by atoms with Crippen molar-refractivity contribution in [3.05, 3.63) is 0 Å². The molecule has 0 aromatic rings. The Bertz CT molecular complexity index is 115. The fourth-order valence-electron chi connectivity index (χ4n) is 1.56. The van der Waals surface area contributed by atoms with Crippen molar-refractivity contribution in [2.24, 2.45) is 5.41 Å². The maximum Gasteiger partial charge on any atom is 0.0851 e. The van der Waals surface area contributed by atoms with E-state index in [1.807, 2.05) is 0 Å². The zero-order valence-corrected chi connectivity index (χ0v) is 6.92. The molecule has 1 rings (SSSR count). The zero-order chi connectivity index (χ0) is 8.32. The van der Waals surface area contributed by atoms with Crippen molar-refractivity contribution in [2.45, 2.75) is 25.4 Å². The second-order valence-corrected chi connectivity index (χ2v) is 3.35. The summed E-state index contributed by atoms with van der Waals surface area (Å²) in [4.78, 5) is 0. The summed E-state index contributed by atoms with van der Waals surface area (Å²) in [7, 11) is 1.56. The SMILES string of the molecule is COC[C@H](O)C1(CO)CCC1. The summed E-state index contributed by atoms with van der Waals surface area (Å²) in [6, 6.07) is 0. The fraction of sp³-hybridized carbons (Fsp3) is 1.00. The highest BCUT2D eigenvalue weighted by Gasteiger charge is 2.42. The predicted octanol–water partition coefficient (Wildman–Crippen LogP) is 0.156. The quantitative estimate of drug-likeness (QED) is 0.615. The molecule has 0 saturated heterocycles. The normalized spacial score (nSPS) is 24.3. The van der Waals surface area contributed by atoms with Crippen LogP contribution >= 0.6 is 0 Å². The molecular weight excluding hydrogens is 144 g/mol. The van der Waals surface area contributed by atoms with Gasteiger partial charge in [0.2, 0.25) is 0 Å². The van der Waals surface area contributed by atoms with E-state index in [4.69, 9.17) is 9.84 Å². The van der Waals surface area contributed by atoms with Gasteiger partial charge in [0.05, 0.1) is 19.3 Å². The Morgan fingerprint density at radius 2 is 2.18 bits per heavy atom. The Kier molecular flexibility index (Phi) is 2.87. The highest BCUT2D eigenvalue weighted by Crippen LogP contribution is 2.43. The lowest BCUT2D eigenvalue weighted by Crippen LogP contribution is -2.46. The third-order valence-corrected chi connectivity index (χ3v) is 2.70. The molecular formula is C8H16O3. The Morgan fingerprint density at radius 3 is 2.45 bits per heavy atom. The van der Waals surface area contributed by atoms with E-state index in [0.29, 0.717) is 6.61 Å². The summed E-state index contributed by atoms with van der Waals surface area (Å²) < 4.78 is 4.83. The molecule has 3 nitrogen and oxygen atoms in total. The molecule has 0 heterocycles. The number of hydrogen-bond acceptors (Lipinski definition) is 3. The molecule has 0 aliphatic heterocycles. The molecule has 0 unspecified atom stereocenters. The smallest absolute Gasteiger partial charge is 0.0851 e. The second kappa shape index (κ2) is 3.52. The van der Waals surface area contributed by atoms with Crippen molar-refractivity contribution in [3.63, 3.8) is 0 Å². The van der Waals surface area contributed by atoms with Crippen LogP contribution in [0.3, 0.4) is 0 Å². The molecule has 1 aliphatic carbocycles. The van der Waals surface area contributed by atoms with Crippen LogP contribution in [0.25, 0.3) is 0 Å². The van der Waals surface area contributed by atoms with Crippen LogP contribution in [-0.2, 0) is 4.74 Å². The van der Waals surface area contributed by atoms with Gasteiger partial charge in [-0.15, -0.1) is 0 Å². The van der Waals surface area contributed by atoms with Gasteiger partial charge in [-0.05, 0) is 12.8 Å². The fourth-order valence-corrected chi connectivity index (χ4v) is 1.56. The van der Waals surface area contributed by atoms with Crippen molar-refractivity contribution in [1.82, 2.24) is 0 Å². The molecule has 66 valence electrons. The van der Waals surface area contributed by atoms with E-state index >= 15 is 0 Å². The second-order valence-electron chi connectivity index (χ2n) is 3.35. The average Bonchev–Trinajstić information content (AvgIpc) is 1.87. The van der Waals surface area contributed by atoms with Crippen molar-refractivity contribution >= 4 is 0 Å². The Hall–Kier alpha value is -0.120. The standard InChI is InChI=1S/C8H16O3/c1-11-5-7(10)8(6-9)3-2-4-8/h7,9-10H,2-6H2,1H3/t7-/m0/s1. The van der Waals surface area contributed by atoms with Gasteiger partial charge in [-0.2, -0.15) is 0 Å². The van der Waals surface area contributed by atoms with Gasteiger partial charge in [0.15, 0.2) is 0 Å². The highest BCUT2D eigenvalue weighted by molar-refractivity contribution is 4.92. The summed E-state index contributed by atoms with van der Waals surface area (Å²) >= 11 is 0. The van der Waals surface area contributed by atoms with E-state index in [1.165, 1.54) is 0 Å². The highest BCUT2D eigenvalue weighted by atomic mass is 16.5. The molecule has 1 fully saturated rings. The first-order chi connectivity index (χ1) is 5.25. The topological polar surface area (TPSA) is 49.7 Å². The Morgan fingerprint density at radius 1 is 1.55 bits per heavy atom. The molecule has 0 aromatic heterocycles. The third-order valence-electron chi connectivity index (χ3n) is 2.70. The van der Waals surface area contributed by atoms with Crippen molar-refractivity contribution in [2.75, 3.05) is 20.3 Å². The average molecular weight is 160 g/mol. The Labute approximate surface area is 67.0 Å². The maximum absolute atomic E-state index is 9.53. The van der Waals surface area contributed by atoms with Crippen LogP contribution in [0, 0.1) is 5.41 Å². The lowest BCUT2D eigenvalue weighted by molar-refractivity contribution is -0.0980. The Balaban J connectivity index is 2.40. The minimum absolute atomic E-state index is 0.0809. The zero-order valence-electron chi connectivity index (χ0n) is 6.92. The molecule has 0 radical (unpaired) electrons. The molecule has 1 atom stereocenters. The molecule has 0 spiro atoms. The van der Waals surface area contributed by atoms with Crippen LogP contribution < -0.4 is 0 Å². The van der Waals surface area contributed by atoms with E-state index in [0.717, 1.165) is 19.3 Å². The molecule has 1 aliphatic rings. The van der Waals surface area contributed by atoms with E-state index in [2.05, 4.69) is 0 Å². The lowest BCUT2D eigenvalue weighted by Gasteiger charge is -2.43. The lowest BCUT2D eigenvalue weighted by atomic mass is 9.66. The minimum atomic E-state index is -0.494. The molecule has 0 bridgehead atoms. The summed E-state index contributed by atoms with van der Waals surface area (Å²) in [5.74, 6) is 0. The first kappa shape index (κ1) is 8.97. The van der Waals surface area contributed by atoms with Crippen LogP contribution in [-0.4, -0.2) is 36.6 Å². The van der Waals surface area contributed by atoms with Crippen LogP contribution in [0.5, 0.6) is 0 Å². The number of rotatable bonds is 4. The summed E-state index contributed by atoms with van der Waals surface area (Å²) in [5, 5.41) is 18.6. The molecule has 1 saturated carbocycles. The summed E-state index contributed by atoms with van der Waals surface area (Å²) in [6.07, 6.45) is 2.47. The summed E-state index contributed by atoms with van der Waals surface area (Å²) in [5.41, 5.74) is -0.240. The maximum atomic E-state index is 9.53. The van der Waals surface area contributed by atoms with E-state index < -0.39 is 6.10 Å². The monoisotopic (exact) mass is 160 g/mol. The molecule has 0 amide bonds. The van der Waals surface area contributed by atoms with E-state index in [1.54, 1.807) is 7.11 Å². The van der Waals surface area contributed by atoms with Crippen LogP contribution in [0.4, 0.5) is 0 Å². The number of hydrogen-bond donors (Lipinski definition) is 2. The molecule has 3 heteroatoms. The number of ether oxygens (including phenoxy) is 1. The van der Waals surface area contributed by atoms with E-state index in [9.17, 15) is 5.11 Å². The third kappa shape index (κ3) is 1.55. The van der Waals surface area contributed by atoms with Crippen molar-refractivity contribution in [3.8, 4) is 0 Å². The van der Waals surface area contributed by atoms with E-state index in [-0.39, 0.29) is 12.0 Å². The van der Waals surface area contributed by atoms with Gasteiger partial charge in [-0.25, -0.2) is 0 Å². The number of aliphatic hydroxyl groups excluding tert-OH is 2. The van der Waals surface area contributed by atoms with Gasteiger partial charge in [-0.3, -0.25) is 0 Å². The molecule has 2 N–H and O–H groups in total. The van der Waals surface area contributed by atoms with Crippen molar-refractivity contribution < 1.29 is 14.9 Å². The summed E-state index contributed by atoms with van der Waals surface area (Å²) in [6.45, 7) is 0.415. The van der Waals surface area contributed by atoms with Crippen LogP contribution in [0.15, 0.2) is 0 Å². The minimum Gasteiger partial charge on any atom is -0.396 e. The van der Waals surface area contributed by atoms with Gasteiger partial charge >= 0.3 is 0 Å². The first-order valence-corrected chi connectivity index (χ1v) is 4.03. The van der Waals surface area contributed by atoms with Gasteiger partial charge in [0, 0.05) is 12.5 Å². The van der Waals surface area contributed by atoms with Crippen molar-refractivity contribution in [1.29, 1.82) is 0 Å².